The first-order valence-corrected chi connectivity index (χ1v) is 7.31. The second-order valence-electron chi connectivity index (χ2n) is 5.39. The van der Waals surface area contributed by atoms with Crippen molar-refractivity contribution < 1.29 is 0 Å². The summed E-state index contributed by atoms with van der Waals surface area (Å²) in [5, 5.41) is 5.48. The number of hydrogen-bond acceptors (Lipinski definition) is 5. The van der Waals surface area contributed by atoms with E-state index in [2.05, 4.69) is 46.6 Å². The van der Waals surface area contributed by atoms with Crippen molar-refractivity contribution in [2.24, 2.45) is 0 Å². The third-order valence-corrected chi connectivity index (χ3v) is 4.51. The van der Waals surface area contributed by atoms with E-state index >= 15 is 0 Å². The summed E-state index contributed by atoms with van der Waals surface area (Å²) in [6.45, 7) is 5.19. The zero-order valence-corrected chi connectivity index (χ0v) is 12.3. The molecule has 5 nitrogen and oxygen atoms in total. The van der Waals surface area contributed by atoms with Crippen LogP contribution in [0.1, 0.15) is 18.7 Å². The monoisotopic (exact) mass is 287 g/mol. The normalized spacial score (nSPS) is 11.9. The maximum Gasteiger partial charge on any atom is 0.180 e. The zero-order valence-electron chi connectivity index (χ0n) is 11.5. The van der Waals surface area contributed by atoms with Crippen molar-refractivity contribution in [2.75, 3.05) is 17.6 Å². The van der Waals surface area contributed by atoms with Crippen LogP contribution < -0.4 is 11.1 Å². The van der Waals surface area contributed by atoms with Crippen molar-refractivity contribution in [1.29, 1.82) is 0 Å². The lowest BCUT2D eigenvalue weighted by molar-refractivity contribution is 0.568. The predicted molar refractivity (Wildman–Crippen MR) is 83.2 cm³/mol. The van der Waals surface area contributed by atoms with Crippen molar-refractivity contribution in [2.45, 2.75) is 19.3 Å². The van der Waals surface area contributed by atoms with Gasteiger partial charge in [-0.2, -0.15) is 0 Å². The van der Waals surface area contributed by atoms with E-state index in [0.29, 0.717) is 5.82 Å². The first kappa shape index (κ1) is 12.9. The SMILES string of the molecule is CC(C)(CNc1nc(N)cn2ccnc12)c1cccs1. The van der Waals surface area contributed by atoms with Crippen molar-refractivity contribution in [3.05, 3.63) is 41.0 Å². The van der Waals surface area contributed by atoms with Crippen molar-refractivity contribution in [3.8, 4) is 0 Å². The topological polar surface area (TPSA) is 68.2 Å². The second kappa shape index (κ2) is 4.79. The smallest absolute Gasteiger partial charge is 0.180 e. The molecular formula is C14H17N5S. The van der Waals surface area contributed by atoms with Crippen LogP contribution in [-0.4, -0.2) is 20.9 Å². The van der Waals surface area contributed by atoms with Gasteiger partial charge in [-0.1, -0.05) is 19.9 Å². The van der Waals surface area contributed by atoms with Crippen molar-refractivity contribution in [3.63, 3.8) is 0 Å². The van der Waals surface area contributed by atoms with Gasteiger partial charge in [0.25, 0.3) is 0 Å². The van der Waals surface area contributed by atoms with E-state index < -0.39 is 0 Å². The van der Waals surface area contributed by atoms with E-state index in [0.717, 1.165) is 18.0 Å². The van der Waals surface area contributed by atoms with Crippen molar-refractivity contribution >= 4 is 28.6 Å². The number of nitrogens with zero attached hydrogens (tertiary/aromatic N) is 3. The average molecular weight is 287 g/mol. The molecule has 20 heavy (non-hydrogen) atoms. The van der Waals surface area contributed by atoms with Crippen LogP contribution in [0, 0.1) is 0 Å². The highest BCUT2D eigenvalue weighted by Crippen LogP contribution is 2.28. The third kappa shape index (κ3) is 2.34. The number of nitrogen functional groups attached to an aromatic ring is 1. The van der Waals surface area contributed by atoms with Crippen LogP contribution in [-0.2, 0) is 5.41 Å². The lowest BCUT2D eigenvalue weighted by Crippen LogP contribution is -2.27. The summed E-state index contributed by atoms with van der Waals surface area (Å²) >= 11 is 1.77. The molecule has 3 rings (SSSR count). The fraction of sp³-hybridized carbons (Fsp3) is 0.286. The Morgan fingerprint density at radius 3 is 3.05 bits per heavy atom. The minimum absolute atomic E-state index is 0.0318. The number of imidazole rings is 1. The number of hydrogen-bond donors (Lipinski definition) is 2. The second-order valence-corrected chi connectivity index (χ2v) is 6.33. The van der Waals surface area contributed by atoms with Gasteiger partial charge in [0, 0.05) is 29.2 Å². The van der Waals surface area contributed by atoms with Crippen LogP contribution in [0.5, 0.6) is 0 Å². The van der Waals surface area contributed by atoms with Gasteiger partial charge in [0.05, 0.1) is 6.20 Å². The molecule has 0 atom stereocenters. The molecule has 0 saturated carbocycles. The largest absolute Gasteiger partial charge is 0.382 e. The van der Waals surface area contributed by atoms with Gasteiger partial charge in [0.1, 0.15) is 5.82 Å². The zero-order chi connectivity index (χ0) is 14.2. The highest BCUT2D eigenvalue weighted by atomic mass is 32.1. The van der Waals surface area contributed by atoms with Crippen LogP contribution in [0.2, 0.25) is 0 Å². The molecule has 0 aliphatic rings. The molecule has 0 fully saturated rings. The molecule has 6 heteroatoms. The van der Waals surface area contributed by atoms with Gasteiger partial charge in [-0.15, -0.1) is 11.3 Å². The number of rotatable bonds is 4. The van der Waals surface area contributed by atoms with E-state index in [-0.39, 0.29) is 5.41 Å². The molecule has 3 heterocycles. The summed E-state index contributed by atoms with van der Waals surface area (Å²) in [5.41, 5.74) is 6.64. The van der Waals surface area contributed by atoms with E-state index in [1.54, 1.807) is 23.7 Å². The molecule has 0 amide bonds. The summed E-state index contributed by atoms with van der Waals surface area (Å²) in [4.78, 5) is 9.99. The maximum atomic E-state index is 5.82. The number of nitrogens with one attached hydrogen (secondary N) is 1. The maximum absolute atomic E-state index is 5.82. The Kier molecular flexibility index (Phi) is 3.10. The van der Waals surface area contributed by atoms with Crippen molar-refractivity contribution in [1.82, 2.24) is 14.4 Å². The molecule has 3 N–H and O–H groups in total. The molecule has 104 valence electrons. The minimum Gasteiger partial charge on any atom is -0.382 e. The van der Waals surface area contributed by atoms with Gasteiger partial charge in [-0.3, -0.25) is 0 Å². The summed E-state index contributed by atoms with van der Waals surface area (Å²) in [6.07, 6.45) is 5.37. The van der Waals surface area contributed by atoms with E-state index in [9.17, 15) is 0 Å². The van der Waals surface area contributed by atoms with Gasteiger partial charge >= 0.3 is 0 Å². The number of aromatic nitrogens is 3. The molecule has 0 spiro atoms. The lowest BCUT2D eigenvalue weighted by atomic mass is 9.91. The molecular weight excluding hydrogens is 270 g/mol. The Bertz CT molecular complexity index is 714. The average Bonchev–Trinajstić information content (AvgIpc) is 3.06. The molecule has 0 aromatic carbocycles. The first-order chi connectivity index (χ1) is 9.56. The van der Waals surface area contributed by atoms with Crippen LogP contribution in [0.15, 0.2) is 36.1 Å². The standard InChI is InChI=1S/C14H17N5S/c1-14(2,10-4-3-7-20-10)9-17-12-13-16-5-6-19(13)8-11(15)18-12/h3-8H,9,15H2,1-2H3,(H,17,18). The Hall–Kier alpha value is -2.08. The predicted octanol–water partition coefficient (Wildman–Crippen LogP) is 2.76. The summed E-state index contributed by atoms with van der Waals surface area (Å²) in [6, 6.07) is 4.23. The lowest BCUT2D eigenvalue weighted by Gasteiger charge is -2.24. The molecule has 3 aromatic heterocycles. The van der Waals surface area contributed by atoms with Gasteiger partial charge in [0.2, 0.25) is 0 Å². The van der Waals surface area contributed by atoms with Crippen LogP contribution in [0.25, 0.3) is 5.65 Å². The van der Waals surface area contributed by atoms with Gasteiger partial charge < -0.3 is 15.5 Å². The fourth-order valence-electron chi connectivity index (χ4n) is 2.13. The van der Waals surface area contributed by atoms with E-state index in [4.69, 9.17) is 5.73 Å². The van der Waals surface area contributed by atoms with Crippen LogP contribution in [0.3, 0.4) is 0 Å². The van der Waals surface area contributed by atoms with E-state index in [1.807, 2.05) is 10.6 Å². The summed E-state index contributed by atoms with van der Waals surface area (Å²) < 4.78 is 1.88. The number of fused-ring (bicyclic) bond motifs is 1. The Morgan fingerprint density at radius 1 is 1.45 bits per heavy atom. The fourth-order valence-corrected chi connectivity index (χ4v) is 2.98. The van der Waals surface area contributed by atoms with Crippen LogP contribution >= 0.6 is 11.3 Å². The van der Waals surface area contributed by atoms with Gasteiger partial charge in [0.15, 0.2) is 11.5 Å². The molecule has 0 bridgehead atoms. The third-order valence-electron chi connectivity index (χ3n) is 3.28. The number of thiophene rings is 1. The van der Waals surface area contributed by atoms with E-state index in [1.165, 1.54) is 4.88 Å². The summed E-state index contributed by atoms with van der Waals surface area (Å²) in [5.74, 6) is 1.20. The Morgan fingerprint density at radius 2 is 2.30 bits per heavy atom. The molecule has 0 radical (unpaired) electrons. The minimum atomic E-state index is 0.0318. The Balaban J connectivity index is 1.85. The number of nitrogens with two attached hydrogens (primary N) is 1. The quantitative estimate of drug-likeness (QED) is 0.774. The van der Waals surface area contributed by atoms with Gasteiger partial charge in [-0.05, 0) is 11.4 Å². The first-order valence-electron chi connectivity index (χ1n) is 6.43. The molecule has 0 aliphatic carbocycles. The van der Waals surface area contributed by atoms with Gasteiger partial charge in [-0.25, -0.2) is 9.97 Å². The summed E-state index contributed by atoms with van der Waals surface area (Å²) in [7, 11) is 0. The highest BCUT2D eigenvalue weighted by molar-refractivity contribution is 7.10. The Labute approximate surface area is 121 Å². The van der Waals surface area contributed by atoms with Crippen LogP contribution in [0.4, 0.5) is 11.6 Å². The highest BCUT2D eigenvalue weighted by Gasteiger charge is 2.22. The molecule has 0 aliphatic heterocycles. The molecule has 0 unspecified atom stereocenters. The molecule has 3 aromatic rings. The molecule has 0 saturated heterocycles. The number of anilines is 2.